The number of hydrogen-bond acceptors (Lipinski definition) is 4. The van der Waals surface area contributed by atoms with Crippen LogP contribution < -0.4 is 5.32 Å². The number of urea groups is 1. The molecule has 1 aliphatic rings. The zero-order valence-electron chi connectivity index (χ0n) is 10.5. The summed E-state index contributed by atoms with van der Waals surface area (Å²) < 4.78 is 0. The molecule has 0 spiro atoms. The second-order valence-electron chi connectivity index (χ2n) is 4.32. The lowest BCUT2D eigenvalue weighted by atomic mass is 10.2. The molecule has 0 unspecified atom stereocenters. The van der Waals surface area contributed by atoms with Crippen molar-refractivity contribution in [2.75, 3.05) is 25.5 Å². The summed E-state index contributed by atoms with van der Waals surface area (Å²) in [6, 6.07) is -0.305. The summed E-state index contributed by atoms with van der Waals surface area (Å²) in [6.07, 6.45) is 3.75. The van der Waals surface area contributed by atoms with Gasteiger partial charge in [-0.3, -0.25) is 19.6 Å². The van der Waals surface area contributed by atoms with Crippen LogP contribution in [0.5, 0.6) is 0 Å². The third-order valence-corrected chi connectivity index (χ3v) is 2.80. The number of hydrogen-bond donors (Lipinski definition) is 2. The molecule has 0 radical (unpaired) electrons. The summed E-state index contributed by atoms with van der Waals surface area (Å²) >= 11 is 0. The minimum atomic E-state index is -0.305. The van der Waals surface area contributed by atoms with Crippen molar-refractivity contribution < 1.29 is 14.4 Å². The SMILES string of the molecule is CN1CC(=O)N(CCCC(=O)Nc2cn[nH]c2)C1=O. The van der Waals surface area contributed by atoms with Gasteiger partial charge in [0.15, 0.2) is 0 Å². The van der Waals surface area contributed by atoms with Crippen LogP contribution in [0.3, 0.4) is 0 Å². The Morgan fingerprint density at radius 1 is 1.53 bits per heavy atom. The first kappa shape index (κ1) is 13.1. The average Bonchev–Trinajstić information content (AvgIpc) is 2.93. The number of nitrogens with zero attached hydrogens (tertiary/aromatic N) is 3. The number of anilines is 1. The minimum absolute atomic E-state index is 0.111. The van der Waals surface area contributed by atoms with Gasteiger partial charge < -0.3 is 10.2 Å². The first-order valence-electron chi connectivity index (χ1n) is 5.92. The topological polar surface area (TPSA) is 98.4 Å². The van der Waals surface area contributed by atoms with Gasteiger partial charge >= 0.3 is 6.03 Å². The maximum absolute atomic E-state index is 11.6. The van der Waals surface area contributed by atoms with E-state index >= 15 is 0 Å². The molecule has 0 atom stereocenters. The summed E-state index contributed by atoms with van der Waals surface area (Å²) in [7, 11) is 1.58. The smallest absolute Gasteiger partial charge is 0.323 e. The maximum atomic E-state index is 11.6. The van der Waals surface area contributed by atoms with Crippen LogP contribution in [0.1, 0.15) is 12.8 Å². The van der Waals surface area contributed by atoms with E-state index in [-0.39, 0.29) is 37.4 Å². The summed E-state index contributed by atoms with van der Waals surface area (Å²) in [5.41, 5.74) is 0.595. The zero-order chi connectivity index (χ0) is 13.8. The standard InChI is InChI=1S/C11H15N5O3/c1-15-7-10(18)16(11(15)19)4-2-3-9(17)14-8-5-12-13-6-8/h5-6H,2-4,7H2,1H3,(H,12,13)(H,14,17). The molecule has 1 aromatic rings. The summed E-state index contributed by atoms with van der Waals surface area (Å²) in [5, 5.41) is 8.94. The van der Waals surface area contributed by atoms with Crippen molar-refractivity contribution in [2.24, 2.45) is 0 Å². The van der Waals surface area contributed by atoms with Crippen molar-refractivity contribution in [2.45, 2.75) is 12.8 Å². The molecule has 1 aliphatic heterocycles. The van der Waals surface area contributed by atoms with Gasteiger partial charge in [-0.15, -0.1) is 0 Å². The molecule has 1 fully saturated rings. The highest BCUT2D eigenvalue weighted by Crippen LogP contribution is 2.09. The third-order valence-electron chi connectivity index (χ3n) is 2.80. The predicted octanol–water partition coefficient (Wildman–Crippen LogP) is 0.0224. The first-order chi connectivity index (χ1) is 9.08. The number of aromatic amines is 1. The number of nitrogens with one attached hydrogen (secondary N) is 2. The van der Waals surface area contributed by atoms with E-state index in [0.717, 1.165) is 0 Å². The molecule has 0 aromatic carbocycles. The third kappa shape index (κ3) is 3.09. The monoisotopic (exact) mass is 265 g/mol. The number of rotatable bonds is 5. The molecule has 2 rings (SSSR count). The number of carbonyl (C=O) groups is 3. The van der Waals surface area contributed by atoms with Crippen LogP contribution in [0.4, 0.5) is 10.5 Å². The number of amides is 4. The lowest BCUT2D eigenvalue weighted by molar-refractivity contribution is -0.125. The second-order valence-corrected chi connectivity index (χ2v) is 4.32. The summed E-state index contributed by atoms with van der Waals surface area (Å²) in [6.45, 7) is 0.376. The Morgan fingerprint density at radius 3 is 2.89 bits per heavy atom. The van der Waals surface area contributed by atoms with E-state index in [0.29, 0.717) is 12.1 Å². The quantitative estimate of drug-likeness (QED) is 0.733. The van der Waals surface area contributed by atoms with Gasteiger partial charge in [-0.05, 0) is 6.42 Å². The molecule has 0 aliphatic carbocycles. The Labute approximate surface area is 109 Å². The Hall–Kier alpha value is -2.38. The Kier molecular flexibility index (Phi) is 3.79. The van der Waals surface area contributed by atoms with Crippen molar-refractivity contribution in [3.8, 4) is 0 Å². The van der Waals surface area contributed by atoms with Gasteiger partial charge in [0.05, 0.1) is 11.9 Å². The fourth-order valence-corrected chi connectivity index (χ4v) is 1.83. The van der Waals surface area contributed by atoms with Crippen molar-refractivity contribution in [1.29, 1.82) is 0 Å². The highest BCUT2D eigenvalue weighted by molar-refractivity contribution is 6.01. The highest BCUT2D eigenvalue weighted by atomic mass is 16.2. The molecule has 2 heterocycles. The van der Waals surface area contributed by atoms with Gasteiger partial charge in [0.25, 0.3) is 0 Å². The van der Waals surface area contributed by atoms with E-state index in [1.807, 2.05) is 0 Å². The molecule has 8 heteroatoms. The molecule has 4 amide bonds. The predicted molar refractivity (Wildman–Crippen MR) is 66.2 cm³/mol. The maximum Gasteiger partial charge on any atom is 0.326 e. The van der Waals surface area contributed by atoms with E-state index < -0.39 is 0 Å². The Balaban J connectivity index is 1.73. The largest absolute Gasteiger partial charge is 0.326 e. The van der Waals surface area contributed by atoms with Gasteiger partial charge in [0, 0.05) is 26.2 Å². The molecule has 0 bridgehead atoms. The van der Waals surface area contributed by atoms with Crippen molar-refractivity contribution in [3.05, 3.63) is 12.4 Å². The average molecular weight is 265 g/mol. The van der Waals surface area contributed by atoms with Crippen molar-refractivity contribution >= 4 is 23.5 Å². The fraction of sp³-hybridized carbons (Fsp3) is 0.455. The van der Waals surface area contributed by atoms with Gasteiger partial charge in [0.2, 0.25) is 11.8 Å². The van der Waals surface area contributed by atoms with Crippen LogP contribution in [0.2, 0.25) is 0 Å². The van der Waals surface area contributed by atoms with E-state index in [1.54, 1.807) is 13.2 Å². The lowest BCUT2D eigenvalue weighted by Gasteiger charge is -2.13. The molecule has 1 saturated heterocycles. The Bertz CT molecular complexity index is 485. The van der Waals surface area contributed by atoms with Gasteiger partial charge in [-0.25, -0.2) is 4.79 Å². The highest BCUT2D eigenvalue weighted by Gasteiger charge is 2.32. The first-order valence-corrected chi connectivity index (χ1v) is 5.92. The number of aromatic nitrogens is 2. The van der Waals surface area contributed by atoms with Crippen LogP contribution in [0.25, 0.3) is 0 Å². The van der Waals surface area contributed by atoms with E-state index in [9.17, 15) is 14.4 Å². The molecular formula is C11H15N5O3. The van der Waals surface area contributed by atoms with Gasteiger partial charge in [-0.2, -0.15) is 5.10 Å². The molecule has 19 heavy (non-hydrogen) atoms. The van der Waals surface area contributed by atoms with Crippen LogP contribution in [-0.4, -0.2) is 58.0 Å². The normalized spacial score (nSPS) is 15.2. The van der Waals surface area contributed by atoms with E-state index in [4.69, 9.17) is 0 Å². The van der Waals surface area contributed by atoms with Gasteiger partial charge in [-0.1, -0.05) is 0 Å². The number of carbonyl (C=O) groups excluding carboxylic acids is 3. The minimum Gasteiger partial charge on any atom is -0.323 e. The van der Waals surface area contributed by atoms with E-state index in [1.165, 1.54) is 16.0 Å². The number of likely N-dealkylation sites (N-methyl/N-ethyl adjacent to an activating group) is 1. The summed E-state index contributed by atoms with van der Waals surface area (Å²) in [5.74, 6) is -0.392. The van der Waals surface area contributed by atoms with Crippen LogP contribution in [0, 0.1) is 0 Å². The fourth-order valence-electron chi connectivity index (χ4n) is 1.83. The van der Waals surface area contributed by atoms with Crippen molar-refractivity contribution in [3.63, 3.8) is 0 Å². The Morgan fingerprint density at radius 2 is 2.32 bits per heavy atom. The van der Waals surface area contributed by atoms with Gasteiger partial charge in [0.1, 0.15) is 6.54 Å². The van der Waals surface area contributed by atoms with Crippen molar-refractivity contribution in [1.82, 2.24) is 20.0 Å². The number of H-pyrrole nitrogens is 1. The molecule has 102 valence electrons. The zero-order valence-corrected chi connectivity index (χ0v) is 10.5. The molecule has 8 nitrogen and oxygen atoms in total. The molecule has 1 aromatic heterocycles. The molecule has 0 saturated carbocycles. The molecular weight excluding hydrogens is 250 g/mol. The number of imide groups is 1. The van der Waals surface area contributed by atoms with E-state index in [2.05, 4.69) is 15.5 Å². The van der Waals surface area contributed by atoms with Crippen LogP contribution in [-0.2, 0) is 9.59 Å². The summed E-state index contributed by atoms with van der Waals surface area (Å²) in [4.78, 5) is 37.1. The van der Waals surface area contributed by atoms with Crippen LogP contribution >= 0.6 is 0 Å². The second kappa shape index (κ2) is 5.51. The van der Waals surface area contributed by atoms with Crippen LogP contribution in [0.15, 0.2) is 12.4 Å². The molecule has 2 N–H and O–H groups in total. The lowest BCUT2D eigenvalue weighted by Crippen LogP contribution is -2.32.